The largest absolute Gasteiger partial charge is 0.327 e. The van der Waals surface area contributed by atoms with Crippen LogP contribution in [0, 0.1) is 0 Å². The van der Waals surface area contributed by atoms with Gasteiger partial charge in [0.15, 0.2) is 0 Å². The fraction of sp³-hybridized carbons (Fsp3) is 0.833. The molecule has 1 heterocycles. The van der Waals surface area contributed by atoms with E-state index in [0.717, 1.165) is 17.3 Å². The van der Waals surface area contributed by atoms with Crippen LogP contribution in [-0.4, -0.2) is 32.0 Å². The summed E-state index contributed by atoms with van der Waals surface area (Å²) in [5.41, 5.74) is 5.74. The normalized spacial score (nSPS) is 13.2. The number of hydrogen-bond donors (Lipinski definition) is 1. The van der Waals surface area contributed by atoms with Gasteiger partial charge in [-0.1, -0.05) is 18.7 Å². The van der Waals surface area contributed by atoms with Gasteiger partial charge in [-0.2, -0.15) is 0 Å². The molecule has 0 saturated heterocycles. The molecule has 1 atom stereocenters. The maximum absolute atomic E-state index is 5.74. The van der Waals surface area contributed by atoms with Crippen molar-refractivity contribution in [2.75, 3.05) is 5.75 Å². The fourth-order valence-corrected chi connectivity index (χ4v) is 1.56. The molecule has 1 rings (SSSR count). The zero-order chi connectivity index (χ0) is 8.97. The Balaban J connectivity index is 2.38. The quantitative estimate of drug-likeness (QED) is 0.674. The molecule has 0 aliphatic rings. The van der Waals surface area contributed by atoms with Gasteiger partial charge in [-0.3, -0.25) is 0 Å². The van der Waals surface area contributed by atoms with Crippen molar-refractivity contribution in [2.45, 2.75) is 24.5 Å². The van der Waals surface area contributed by atoms with Crippen LogP contribution >= 0.6 is 11.8 Å². The Hall–Kier alpha value is -0.620. The number of aryl methyl sites for hydroxylation is 1. The van der Waals surface area contributed by atoms with E-state index in [1.54, 1.807) is 16.4 Å². The van der Waals surface area contributed by atoms with Crippen molar-refractivity contribution < 1.29 is 0 Å². The van der Waals surface area contributed by atoms with Crippen molar-refractivity contribution in [3.63, 3.8) is 0 Å². The van der Waals surface area contributed by atoms with E-state index in [9.17, 15) is 0 Å². The molecule has 0 bridgehead atoms. The number of nitrogens with two attached hydrogens (primary N) is 1. The molecule has 0 spiro atoms. The Morgan fingerprint density at radius 3 is 2.92 bits per heavy atom. The number of nitrogens with zero attached hydrogens (tertiary/aromatic N) is 4. The maximum Gasteiger partial charge on any atom is 0.209 e. The molecule has 0 amide bonds. The van der Waals surface area contributed by atoms with E-state index in [-0.39, 0.29) is 6.04 Å². The molecule has 12 heavy (non-hydrogen) atoms. The monoisotopic (exact) mass is 187 g/mol. The van der Waals surface area contributed by atoms with Crippen LogP contribution in [0.2, 0.25) is 0 Å². The van der Waals surface area contributed by atoms with E-state index in [1.807, 2.05) is 7.05 Å². The topological polar surface area (TPSA) is 69.6 Å². The third kappa shape index (κ3) is 2.46. The number of hydrogen-bond acceptors (Lipinski definition) is 5. The molecule has 0 radical (unpaired) electrons. The van der Waals surface area contributed by atoms with Crippen LogP contribution in [0.15, 0.2) is 5.16 Å². The highest BCUT2D eigenvalue weighted by molar-refractivity contribution is 7.99. The molecular weight excluding hydrogens is 174 g/mol. The van der Waals surface area contributed by atoms with Crippen molar-refractivity contribution in [2.24, 2.45) is 12.8 Å². The van der Waals surface area contributed by atoms with Crippen molar-refractivity contribution in [3.05, 3.63) is 0 Å². The van der Waals surface area contributed by atoms with E-state index >= 15 is 0 Å². The summed E-state index contributed by atoms with van der Waals surface area (Å²) in [6.45, 7) is 2.07. The lowest BCUT2D eigenvalue weighted by molar-refractivity contribution is 0.661. The maximum atomic E-state index is 5.74. The van der Waals surface area contributed by atoms with Gasteiger partial charge in [-0.05, 0) is 16.8 Å². The molecule has 1 aromatic heterocycles. The van der Waals surface area contributed by atoms with E-state index in [2.05, 4.69) is 22.4 Å². The predicted octanol–water partition coefficient (Wildman–Crippen LogP) is 0.0395. The Kier molecular flexibility index (Phi) is 3.48. The minimum absolute atomic E-state index is 0.228. The number of rotatable bonds is 4. The Labute approximate surface area is 75.7 Å². The summed E-state index contributed by atoms with van der Waals surface area (Å²) in [5, 5.41) is 11.9. The van der Waals surface area contributed by atoms with Crippen LogP contribution in [0.4, 0.5) is 0 Å². The zero-order valence-corrected chi connectivity index (χ0v) is 8.08. The summed E-state index contributed by atoms with van der Waals surface area (Å²) >= 11 is 1.59. The second kappa shape index (κ2) is 4.42. The van der Waals surface area contributed by atoms with Crippen molar-refractivity contribution in [1.82, 2.24) is 20.2 Å². The third-order valence-electron chi connectivity index (χ3n) is 1.53. The Bertz CT molecular complexity index is 236. The molecule has 2 N–H and O–H groups in total. The summed E-state index contributed by atoms with van der Waals surface area (Å²) in [4.78, 5) is 0. The van der Waals surface area contributed by atoms with Gasteiger partial charge in [-0.15, -0.1) is 5.10 Å². The molecule has 0 aliphatic heterocycles. The number of thioether (sulfide) groups is 1. The summed E-state index contributed by atoms with van der Waals surface area (Å²) in [6.07, 6.45) is 0.984. The second-order valence-electron chi connectivity index (χ2n) is 2.56. The van der Waals surface area contributed by atoms with Crippen LogP contribution < -0.4 is 5.73 Å². The summed E-state index contributed by atoms with van der Waals surface area (Å²) < 4.78 is 1.65. The number of aromatic nitrogens is 4. The van der Waals surface area contributed by atoms with E-state index in [1.165, 1.54) is 0 Å². The number of tetrazole rings is 1. The molecule has 68 valence electrons. The van der Waals surface area contributed by atoms with E-state index in [0.29, 0.717) is 0 Å². The smallest absolute Gasteiger partial charge is 0.209 e. The molecule has 0 aliphatic carbocycles. The molecular formula is C6H13N5S. The summed E-state index contributed by atoms with van der Waals surface area (Å²) in [7, 11) is 1.82. The summed E-state index contributed by atoms with van der Waals surface area (Å²) in [5.74, 6) is 0.866. The average molecular weight is 187 g/mol. The molecule has 1 unspecified atom stereocenters. The molecule has 0 fully saturated rings. The van der Waals surface area contributed by atoms with Crippen LogP contribution in [-0.2, 0) is 7.05 Å². The van der Waals surface area contributed by atoms with Gasteiger partial charge in [0.05, 0.1) is 0 Å². The molecule has 6 heteroatoms. The van der Waals surface area contributed by atoms with Gasteiger partial charge in [0, 0.05) is 18.8 Å². The van der Waals surface area contributed by atoms with Gasteiger partial charge in [0.25, 0.3) is 0 Å². The van der Waals surface area contributed by atoms with Gasteiger partial charge >= 0.3 is 0 Å². The van der Waals surface area contributed by atoms with Crippen LogP contribution in [0.25, 0.3) is 0 Å². The fourth-order valence-electron chi connectivity index (χ4n) is 0.643. The Morgan fingerprint density at radius 1 is 1.67 bits per heavy atom. The standard InChI is InChI=1S/C6H13N5S/c1-3-5(7)4-12-6-8-9-10-11(6)2/h5H,3-4,7H2,1-2H3. The first-order chi connectivity index (χ1) is 5.74. The van der Waals surface area contributed by atoms with E-state index in [4.69, 9.17) is 5.73 Å². The van der Waals surface area contributed by atoms with Gasteiger partial charge in [-0.25, -0.2) is 4.68 Å². The molecule has 0 saturated carbocycles. The zero-order valence-electron chi connectivity index (χ0n) is 7.27. The van der Waals surface area contributed by atoms with Crippen molar-refractivity contribution in [3.8, 4) is 0 Å². The molecule has 5 nitrogen and oxygen atoms in total. The molecule has 1 aromatic rings. The van der Waals surface area contributed by atoms with Crippen LogP contribution in [0.3, 0.4) is 0 Å². The highest BCUT2D eigenvalue weighted by atomic mass is 32.2. The SMILES string of the molecule is CCC(N)CSc1nnnn1C. The highest BCUT2D eigenvalue weighted by Crippen LogP contribution is 2.13. The lowest BCUT2D eigenvalue weighted by Crippen LogP contribution is -2.21. The lowest BCUT2D eigenvalue weighted by Gasteiger charge is -2.05. The predicted molar refractivity (Wildman–Crippen MR) is 47.8 cm³/mol. The minimum Gasteiger partial charge on any atom is -0.327 e. The van der Waals surface area contributed by atoms with Crippen LogP contribution in [0.1, 0.15) is 13.3 Å². The van der Waals surface area contributed by atoms with Crippen molar-refractivity contribution >= 4 is 11.8 Å². The first-order valence-electron chi connectivity index (χ1n) is 3.84. The van der Waals surface area contributed by atoms with Crippen LogP contribution in [0.5, 0.6) is 0 Å². The first-order valence-corrected chi connectivity index (χ1v) is 4.83. The summed E-state index contributed by atoms with van der Waals surface area (Å²) in [6, 6.07) is 0.228. The van der Waals surface area contributed by atoms with Gasteiger partial charge in [0.2, 0.25) is 5.16 Å². The average Bonchev–Trinajstić information content (AvgIpc) is 2.47. The minimum atomic E-state index is 0.228. The Morgan fingerprint density at radius 2 is 2.42 bits per heavy atom. The van der Waals surface area contributed by atoms with Gasteiger partial charge in [0.1, 0.15) is 0 Å². The molecule has 0 aromatic carbocycles. The first kappa shape index (κ1) is 9.47. The van der Waals surface area contributed by atoms with Gasteiger partial charge < -0.3 is 5.73 Å². The van der Waals surface area contributed by atoms with E-state index < -0.39 is 0 Å². The van der Waals surface area contributed by atoms with Crippen molar-refractivity contribution in [1.29, 1.82) is 0 Å². The lowest BCUT2D eigenvalue weighted by atomic mass is 10.3. The second-order valence-corrected chi connectivity index (χ2v) is 3.55. The third-order valence-corrected chi connectivity index (χ3v) is 2.73. The highest BCUT2D eigenvalue weighted by Gasteiger charge is 2.05.